The molecule has 2 atom stereocenters. The van der Waals surface area contributed by atoms with Crippen LogP contribution in [0.5, 0.6) is 0 Å². The first-order valence-electron chi connectivity index (χ1n) is 6.61. The summed E-state index contributed by atoms with van der Waals surface area (Å²) in [6.45, 7) is 9.06. The Morgan fingerprint density at radius 3 is 2.88 bits per heavy atom. The van der Waals surface area contributed by atoms with Crippen LogP contribution in [0.4, 0.5) is 0 Å². The Morgan fingerprint density at radius 2 is 2.19 bits per heavy atom. The van der Waals surface area contributed by atoms with Gasteiger partial charge in [0.05, 0.1) is 6.61 Å². The lowest BCUT2D eigenvalue weighted by Crippen LogP contribution is -2.57. The Labute approximate surface area is 99.5 Å². The number of likely N-dealkylation sites (N-methyl/N-ethyl adjacent to an activating group) is 1. The van der Waals surface area contributed by atoms with Gasteiger partial charge in [-0.3, -0.25) is 4.90 Å². The van der Waals surface area contributed by atoms with Gasteiger partial charge in [0.1, 0.15) is 0 Å². The lowest BCUT2D eigenvalue weighted by Gasteiger charge is -2.46. The minimum Gasteiger partial charge on any atom is -0.380 e. The molecule has 1 N–H and O–H groups in total. The van der Waals surface area contributed by atoms with Gasteiger partial charge in [-0.1, -0.05) is 13.8 Å². The lowest BCUT2D eigenvalue weighted by molar-refractivity contribution is -0.0273. The predicted molar refractivity (Wildman–Crippen MR) is 66.7 cm³/mol. The highest BCUT2D eigenvalue weighted by Gasteiger charge is 2.35. The van der Waals surface area contributed by atoms with Gasteiger partial charge < -0.3 is 10.1 Å². The summed E-state index contributed by atoms with van der Waals surface area (Å²) >= 11 is 0. The fourth-order valence-corrected chi connectivity index (χ4v) is 3.17. The molecule has 0 spiro atoms. The molecule has 2 aliphatic heterocycles. The van der Waals surface area contributed by atoms with Crippen molar-refractivity contribution >= 4 is 0 Å². The van der Waals surface area contributed by atoms with Crippen molar-refractivity contribution in [1.82, 2.24) is 10.2 Å². The van der Waals surface area contributed by atoms with Crippen LogP contribution in [0.2, 0.25) is 0 Å². The van der Waals surface area contributed by atoms with E-state index < -0.39 is 0 Å². The molecular formula is C13H26N2O. The first kappa shape index (κ1) is 12.3. The Bertz CT molecular complexity index is 230. The molecule has 0 saturated carbocycles. The van der Waals surface area contributed by atoms with Gasteiger partial charge in [-0.2, -0.15) is 0 Å². The lowest BCUT2D eigenvalue weighted by atomic mass is 9.83. The molecule has 0 aromatic rings. The SMILES string of the molecule is CNC1CCOCC1N1CCCC(C)(C)C1. The summed E-state index contributed by atoms with van der Waals surface area (Å²) in [7, 11) is 2.08. The summed E-state index contributed by atoms with van der Waals surface area (Å²) < 4.78 is 5.65. The van der Waals surface area contributed by atoms with Gasteiger partial charge in [0, 0.05) is 25.2 Å². The molecule has 0 amide bonds. The normalized spacial score (nSPS) is 36.2. The highest BCUT2D eigenvalue weighted by Crippen LogP contribution is 2.30. The van der Waals surface area contributed by atoms with Crippen molar-refractivity contribution in [3.8, 4) is 0 Å². The second-order valence-electron chi connectivity index (χ2n) is 6.06. The second kappa shape index (κ2) is 5.03. The molecule has 2 heterocycles. The van der Waals surface area contributed by atoms with Crippen molar-refractivity contribution in [2.75, 3.05) is 33.4 Å². The van der Waals surface area contributed by atoms with Crippen molar-refractivity contribution in [2.24, 2.45) is 5.41 Å². The summed E-state index contributed by atoms with van der Waals surface area (Å²) in [4.78, 5) is 2.64. The molecule has 2 rings (SSSR count). The molecule has 2 fully saturated rings. The minimum atomic E-state index is 0.480. The highest BCUT2D eigenvalue weighted by atomic mass is 16.5. The fourth-order valence-electron chi connectivity index (χ4n) is 3.17. The maximum atomic E-state index is 5.65. The maximum Gasteiger partial charge on any atom is 0.0637 e. The molecule has 2 unspecified atom stereocenters. The Kier molecular flexibility index (Phi) is 3.88. The number of ether oxygens (including phenoxy) is 1. The second-order valence-corrected chi connectivity index (χ2v) is 6.06. The van der Waals surface area contributed by atoms with Gasteiger partial charge in [0.15, 0.2) is 0 Å². The number of likely N-dealkylation sites (tertiary alicyclic amines) is 1. The van der Waals surface area contributed by atoms with E-state index in [0.29, 0.717) is 17.5 Å². The average Bonchev–Trinajstić information content (AvgIpc) is 2.27. The summed E-state index contributed by atoms with van der Waals surface area (Å²) in [5.41, 5.74) is 0.480. The van der Waals surface area contributed by atoms with Crippen molar-refractivity contribution in [3.63, 3.8) is 0 Å². The monoisotopic (exact) mass is 226 g/mol. The van der Waals surface area contributed by atoms with E-state index in [0.717, 1.165) is 19.6 Å². The van der Waals surface area contributed by atoms with Crippen LogP contribution in [0.3, 0.4) is 0 Å². The van der Waals surface area contributed by atoms with Crippen LogP contribution < -0.4 is 5.32 Å². The first-order chi connectivity index (χ1) is 7.62. The van der Waals surface area contributed by atoms with E-state index in [9.17, 15) is 0 Å². The quantitative estimate of drug-likeness (QED) is 0.772. The van der Waals surface area contributed by atoms with Crippen molar-refractivity contribution in [3.05, 3.63) is 0 Å². The van der Waals surface area contributed by atoms with E-state index in [1.54, 1.807) is 0 Å². The molecule has 0 radical (unpaired) electrons. The zero-order valence-electron chi connectivity index (χ0n) is 11.0. The molecule has 0 aromatic heterocycles. The molecule has 94 valence electrons. The third kappa shape index (κ3) is 2.76. The molecule has 0 aliphatic carbocycles. The molecule has 0 aromatic carbocycles. The third-order valence-corrected chi connectivity index (χ3v) is 4.10. The molecule has 3 nitrogen and oxygen atoms in total. The van der Waals surface area contributed by atoms with Gasteiger partial charge >= 0.3 is 0 Å². The fraction of sp³-hybridized carbons (Fsp3) is 1.00. The van der Waals surface area contributed by atoms with E-state index >= 15 is 0 Å². The Morgan fingerprint density at radius 1 is 1.38 bits per heavy atom. The van der Waals surface area contributed by atoms with Crippen LogP contribution in [0.25, 0.3) is 0 Å². The zero-order chi connectivity index (χ0) is 11.6. The van der Waals surface area contributed by atoms with Crippen LogP contribution in [0.1, 0.15) is 33.1 Å². The van der Waals surface area contributed by atoms with Crippen LogP contribution in [0, 0.1) is 5.41 Å². The van der Waals surface area contributed by atoms with Crippen molar-refractivity contribution < 1.29 is 4.74 Å². The number of nitrogens with one attached hydrogen (secondary N) is 1. The Hall–Kier alpha value is -0.120. The number of hydrogen-bond donors (Lipinski definition) is 1. The van der Waals surface area contributed by atoms with E-state index in [4.69, 9.17) is 4.74 Å². The molecule has 2 saturated heterocycles. The van der Waals surface area contributed by atoms with Gasteiger partial charge in [0.25, 0.3) is 0 Å². The number of rotatable bonds is 2. The van der Waals surface area contributed by atoms with Gasteiger partial charge in [-0.25, -0.2) is 0 Å². The number of hydrogen-bond acceptors (Lipinski definition) is 3. The van der Waals surface area contributed by atoms with Crippen LogP contribution in [-0.2, 0) is 4.74 Å². The minimum absolute atomic E-state index is 0.480. The van der Waals surface area contributed by atoms with Gasteiger partial charge in [0.2, 0.25) is 0 Å². The first-order valence-corrected chi connectivity index (χ1v) is 6.61. The Balaban J connectivity index is 1.99. The third-order valence-electron chi connectivity index (χ3n) is 4.10. The van der Waals surface area contributed by atoms with Crippen LogP contribution >= 0.6 is 0 Å². The summed E-state index contributed by atoms with van der Waals surface area (Å²) in [5.74, 6) is 0. The van der Waals surface area contributed by atoms with E-state index in [-0.39, 0.29) is 0 Å². The zero-order valence-corrected chi connectivity index (χ0v) is 11.0. The summed E-state index contributed by atoms with van der Waals surface area (Å²) in [5, 5.41) is 3.46. The molecule has 16 heavy (non-hydrogen) atoms. The summed E-state index contributed by atoms with van der Waals surface area (Å²) in [6.07, 6.45) is 3.85. The predicted octanol–water partition coefficient (Wildman–Crippen LogP) is 1.49. The molecule has 0 bridgehead atoms. The topological polar surface area (TPSA) is 24.5 Å². The highest BCUT2D eigenvalue weighted by molar-refractivity contribution is 4.91. The average molecular weight is 226 g/mol. The number of nitrogens with zero attached hydrogens (tertiary/aromatic N) is 1. The molecule has 2 aliphatic rings. The maximum absolute atomic E-state index is 5.65. The largest absolute Gasteiger partial charge is 0.380 e. The van der Waals surface area contributed by atoms with E-state index in [2.05, 4.69) is 31.1 Å². The molecular weight excluding hydrogens is 200 g/mol. The van der Waals surface area contributed by atoms with Crippen LogP contribution in [-0.4, -0.2) is 50.3 Å². The smallest absolute Gasteiger partial charge is 0.0637 e. The standard InChI is InChI=1S/C13H26N2O/c1-13(2)6-4-7-15(10-13)12-9-16-8-5-11(12)14-3/h11-12,14H,4-10H2,1-3H3. The van der Waals surface area contributed by atoms with E-state index in [1.807, 2.05) is 0 Å². The van der Waals surface area contributed by atoms with Gasteiger partial charge in [-0.05, 0) is 38.3 Å². The van der Waals surface area contributed by atoms with Crippen molar-refractivity contribution in [2.45, 2.75) is 45.2 Å². The molecule has 3 heteroatoms. The van der Waals surface area contributed by atoms with Crippen LogP contribution in [0.15, 0.2) is 0 Å². The van der Waals surface area contributed by atoms with Gasteiger partial charge in [-0.15, -0.1) is 0 Å². The summed E-state index contributed by atoms with van der Waals surface area (Å²) in [6, 6.07) is 1.20. The van der Waals surface area contributed by atoms with Crippen molar-refractivity contribution in [1.29, 1.82) is 0 Å². The number of piperidine rings is 1. The van der Waals surface area contributed by atoms with E-state index in [1.165, 1.54) is 25.9 Å².